The van der Waals surface area contributed by atoms with Crippen LogP contribution in [-0.2, 0) is 0 Å². The first-order valence-electron chi connectivity index (χ1n) is 21.4. The quantitative estimate of drug-likeness (QED) is 0.131. The van der Waals surface area contributed by atoms with Gasteiger partial charge in [-0.1, -0.05) is 120 Å². The highest BCUT2D eigenvalue weighted by Gasteiger charge is 2.45. The Morgan fingerprint density at radius 3 is 1.25 bits per heavy atom. The summed E-state index contributed by atoms with van der Waals surface area (Å²) in [6.07, 6.45) is 0. The molecule has 4 nitrogen and oxygen atoms in total. The van der Waals surface area contributed by atoms with Gasteiger partial charge in [-0.25, -0.2) is 0 Å². The Balaban J connectivity index is 1.14. The van der Waals surface area contributed by atoms with Crippen molar-refractivity contribution in [3.8, 4) is 34.4 Å². The summed E-state index contributed by atoms with van der Waals surface area (Å²) < 4.78 is 19.9. The lowest BCUT2D eigenvalue weighted by atomic mass is 9.31. The number of benzene rings is 10. The summed E-state index contributed by atoms with van der Waals surface area (Å²) in [6, 6.07) is 60.2. The molecule has 0 saturated carbocycles. The third-order valence-electron chi connectivity index (χ3n) is 13.6. The Morgan fingerprint density at radius 2 is 0.817 bits per heavy atom. The summed E-state index contributed by atoms with van der Waals surface area (Å²) in [7, 11) is 0. The van der Waals surface area contributed by atoms with Crippen molar-refractivity contribution in [2.24, 2.45) is 0 Å². The van der Waals surface area contributed by atoms with Gasteiger partial charge in [0.05, 0.1) is 26.0 Å². The van der Waals surface area contributed by atoms with Crippen LogP contribution in [0.2, 0.25) is 0 Å². The Hall–Kier alpha value is -8.05. The van der Waals surface area contributed by atoms with Gasteiger partial charge in [0.15, 0.2) is 0 Å². The number of nitrogens with zero attached hydrogens (tertiary/aromatic N) is 4. The van der Waals surface area contributed by atoms with Crippen LogP contribution in [0, 0.1) is 22.7 Å². The first-order chi connectivity index (χ1) is 30.5. The minimum Gasteiger partial charge on any atom is -0.311 e. The Labute approximate surface area is 349 Å². The zero-order valence-electron chi connectivity index (χ0n) is 34.0. The lowest BCUT2D eigenvalue weighted by Crippen LogP contribution is -2.60. The van der Waals surface area contributed by atoms with Crippen LogP contribution >= 0.6 is 0 Å². The molecule has 0 atom stereocenters. The molecular weight excluding hydrogens is 726 g/mol. The van der Waals surface area contributed by atoms with Crippen LogP contribution in [-0.4, -0.2) is 13.4 Å². The van der Waals surface area contributed by atoms with Gasteiger partial charge in [0.1, 0.15) is 0 Å². The number of fused-ring (bicyclic) bond motifs is 8. The van der Waals surface area contributed by atoms with E-state index in [1.54, 1.807) is 0 Å². The Bertz CT molecular complexity index is 3530. The Kier molecular flexibility index (Phi) is 5.68. The molecule has 14 rings (SSSR count). The second-order valence-corrected chi connectivity index (χ2v) is 16.4. The molecule has 10 aromatic rings. The van der Waals surface area contributed by atoms with Crippen molar-refractivity contribution in [2.45, 2.75) is 0 Å². The van der Waals surface area contributed by atoms with Gasteiger partial charge in [0, 0.05) is 34.1 Å². The summed E-state index contributed by atoms with van der Waals surface area (Å²) in [5, 5.41) is 27.0. The fourth-order valence-electron chi connectivity index (χ4n) is 11.4. The highest BCUT2D eigenvalue weighted by atomic mass is 15.2. The monoisotopic (exact) mass is 756 g/mol. The van der Waals surface area contributed by atoms with E-state index in [0.717, 1.165) is 121 Å². The highest BCUT2D eigenvalue weighted by molar-refractivity contribution is 7.02. The number of nitriles is 2. The number of hydrogen-bond donors (Lipinski definition) is 0. The smallest absolute Gasteiger partial charge is 0.248 e. The third kappa shape index (κ3) is 3.87. The predicted octanol–water partition coefficient (Wildman–Crippen LogP) is 8.89. The van der Waals surface area contributed by atoms with Gasteiger partial charge < -0.3 is 9.80 Å². The van der Waals surface area contributed by atoms with Crippen molar-refractivity contribution in [3.63, 3.8) is 0 Å². The number of anilines is 6. The van der Waals surface area contributed by atoms with Crippen LogP contribution in [0.4, 0.5) is 34.1 Å². The van der Waals surface area contributed by atoms with Crippen LogP contribution in [0.15, 0.2) is 170 Å². The first kappa shape index (κ1) is 30.1. The fourth-order valence-corrected chi connectivity index (χ4v) is 11.4. The average molecular weight is 756 g/mol. The molecule has 270 valence electrons. The van der Waals surface area contributed by atoms with Crippen LogP contribution in [0.25, 0.3) is 54.6 Å². The van der Waals surface area contributed by atoms with E-state index in [9.17, 15) is 13.3 Å². The molecule has 0 aliphatic carbocycles. The maximum atomic E-state index is 10.6. The summed E-state index contributed by atoms with van der Waals surface area (Å²) in [5.74, 6) is 0. The highest BCUT2D eigenvalue weighted by Crippen LogP contribution is 2.48. The minimum atomic E-state index is -0.179. The van der Waals surface area contributed by atoms with Crippen LogP contribution in [0.1, 0.15) is 13.9 Å². The summed E-state index contributed by atoms with van der Waals surface area (Å²) >= 11 is 0. The summed E-state index contributed by atoms with van der Waals surface area (Å²) in [4.78, 5) is 4.55. The van der Waals surface area contributed by atoms with Gasteiger partial charge >= 0.3 is 0 Å². The van der Waals surface area contributed by atoms with Crippen LogP contribution in [0.5, 0.6) is 0 Å². The SMILES string of the molecule is [2H]c1cc2c3c(cc4c([2H])cc5c6c(cc1c3c46)B1c3ccccc3N(c3ccccc3)c3cc(C#N)cc-5c31)B1c3ccccc3N(c3ccccc3)c3cc(C#N)cc-2c31. The van der Waals surface area contributed by atoms with Crippen molar-refractivity contribution < 1.29 is 2.74 Å². The van der Waals surface area contributed by atoms with Gasteiger partial charge in [0.2, 0.25) is 13.4 Å². The van der Waals surface area contributed by atoms with E-state index in [2.05, 4.69) is 107 Å². The molecule has 4 heterocycles. The van der Waals surface area contributed by atoms with E-state index in [1.807, 2.05) is 72.8 Å². The second kappa shape index (κ2) is 11.3. The first-order valence-corrected chi connectivity index (χ1v) is 20.4. The standard InChI is InChI=1S/C54H28B2N4/c57-29-31-23-39-37-21-19-34-28-44-52-38(40-24-32(30-58)26-48-54(40)56(44)42-16-8-10-18-46(42)60(48)36-13-5-2-6-14-36)22-20-33-27-43(51(37)49(34)50(33)52)55-41-15-7-9-17-45(41)59(47(25-31)53(39)55)35-11-3-1-4-12-35/h1-28H/i19D,20D. The van der Waals surface area contributed by atoms with E-state index in [4.69, 9.17) is 0 Å². The van der Waals surface area contributed by atoms with Crippen molar-refractivity contribution in [2.75, 3.05) is 9.80 Å². The molecule has 6 heteroatoms. The van der Waals surface area contributed by atoms with Gasteiger partial charge in [-0.3, -0.25) is 0 Å². The maximum Gasteiger partial charge on any atom is 0.248 e. The van der Waals surface area contributed by atoms with Crippen LogP contribution in [0.3, 0.4) is 0 Å². The van der Waals surface area contributed by atoms with Gasteiger partial charge in [-0.2, -0.15) is 10.5 Å². The molecule has 4 aliphatic rings. The van der Waals surface area contributed by atoms with E-state index >= 15 is 0 Å². The number of para-hydroxylation sites is 4. The molecule has 0 saturated heterocycles. The van der Waals surface area contributed by atoms with Gasteiger partial charge in [-0.15, -0.1) is 0 Å². The molecule has 10 aromatic carbocycles. The zero-order chi connectivity index (χ0) is 41.1. The third-order valence-corrected chi connectivity index (χ3v) is 13.6. The summed E-state index contributed by atoms with van der Waals surface area (Å²) in [5.41, 5.74) is 17.7. The molecule has 0 unspecified atom stereocenters. The minimum absolute atomic E-state index is 0.179. The molecular formula is C54H28B2N4. The predicted molar refractivity (Wildman–Crippen MR) is 249 cm³/mol. The van der Waals surface area contributed by atoms with Crippen molar-refractivity contribution >= 4 is 113 Å². The largest absolute Gasteiger partial charge is 0.311 e. The second-order valence-electron chi connectivity index (χ2n) is 16.4. The van der Waals surface area contributed by atoms with Crippen molar-refractivity contribution in [1.29, 1.82) is 10.5 Å². The van der Waals surface area contributed by atoms with Crippen molar-refractivity contribution in [3.05, 3.63) is 181 Å². The van der Waals surface area contributed by atoms with Gasteiger partial charge in [-0.05, 0) is 137 Å². The molecule has 4 aliphatic heterocycles. The zero-order valence-corrected chi connectivity index (χ0v) is 32.0. The molecule has 60 heavy (non-hydrogen) atoms. The lowest BCUT2D eigenvalue weighted by Gasteiger charge is -2.42. The van der Waals surface area contributed by atoms with Gasteiger partial charge in [0.25, 0.3) is 0 Å². The molecule has 0 N–H and O–H groups in total. The topological polar surface area (TPSA) is 54.1 Å². The molecule has 0 bridgehead atoms. The maximum absolute atomic E-state index is 10.6. The van der Waals surface area contributed by atoms with E-state index in [0.29, 0.717) is 23.2 Å². The average Bonchev–Trinajstić information content (AvgIpc) is 3.32. The fraction of sp³-hybridized carbons (Fsp3) is 0. The molecule has 0 spiro atoms. The van der Waals surface area contributed by atoms with E-state index < -0.39 is 0 Å². The number of hydrogen-bond acceptors (Lipinski definition) is 4. The van der Waals surface area contributed by atoms with Crippen molar-refractivity contribution in [1.82, 2.24) is 0 Å². The lowest BCUT2D eigenvalue weighted by molar-refractivity contribution is 1.29. The van der Waals surface area contributed by atoms with Crippen LogP contribution < -0.4 is 42.6 Å². The Morgan fingerprint density at radius 1 is 0.400 bits per heavy atom. The normalized spacial score (nSPS) is 14.0. The molecule has 0 fully saturated rings. The van der Waals surface area contributed by atoms with E-state index in [1.165, 1.54) is 0 Å². The number of rotatable bonds is 2. The summed E-state index contributed by atoms with van der Waals surface area (Å²) in [6.45, 7) is -0.358. The van der Waals surface area contributed by atoms with E-state index in [-0.39, 0.29) is 13.4 Å². The molecule has 0 aromatic heterocycles. The molecule has 0 radical (unpaired) electrons. The molecule has 0 amide bonds.